The fraction of sp³-hybridized carbons (Fsp3) is 0.444. The van der Waals surface area contributed by atoms with E-state index in [-0.39, 0.29) is 54.8 Å². The highest BCUT2D eigenvalue weighted by molar-refractivity contribution is 7.89. The van der Waals surface area contributed by atoms with Crippen LogP contribution in [0, 0.1) is 10.1 Å². The summed E-state index contributed by atoms with van der Waals surface area (Å²) >= 11 is 0. The Morgan fingerprint density at radius 3 is 2.52 bits per heavy atom. The van der Waals surface area contributed by atoms with E-state index in [9.17, 15) is 28.1 Å². The van der Waals surface area contributed by atoms with Crippen LogP contribution in [0.15, 0.2) is 34.4 Å². The number of nitro benzene ring substituents is 1. The lowest BCUT2D eigenvalue weighted by atomic mass is 10.1. The van der Waals surface area contributed by atoms with Gasteiger partial charge in [0.25, 0.3) is 0 Å². The average Bonchev–Trinajstić information content (AvgIpc) is 2.72. The number of nitrogens with one attached hydrogen (secondary N) is 2. The molecule has 0 radical (unpaired) electrons. The van der Waals surface area contributed by atoms with Crippen LogP contribution in [-0.4, -0.2) is 62.5 Å². The largest absolute Gasteiger partial charge is 0.480 e. The predicted molar refractivity (Wildman–Crippen MR) is 109 cm³/mol. The molecule has 1 aliphatic heterocycles. The number of rotatable bonds is 10. The van der Waals surface area contributed by atoms with Crippen molar-refractivity contribution < 1.29 is 32.4 Å². The number of ether oxygens (including phenoxy) is 2. The maximum Gasteiger partial charge on any atom is 0.337 e. The summed E-state index contributed by atoms with van der Waals surface area (Å²) < 4.78 is 36.9. The van der Waals surface area contributed by atoms with Gasteiger partial charge < -0.3 is 20.1 Å². The van der Waals surface area contributed by atoms with Crippen LogP contribution in [0.5, 0.6) is 5.75 Å². The quantitative estimate of drug-likeness (QED) is 0.301. The zero-order valence-corrected chi connectivity index (χ0v) is 18.2. The highest BCUT2D eigenvalue weighted by Crippen LogP contribution is 2.31. The van der Waals surface area contributed by atoms with Crippen LogP contribution in [0.2, 0.25) is 0 Å². The van der Waals surface area contributed by atoms with E-state index >= 15 is 0 Å². The van der Waals surface area contributed by atoms with Gasteiger partial charge in [0.05, 0.1) is 34.2 Å². The molecule has 1 aromatic rings. The van der Waals surface area contributed by atoms with Gasteiger partial charge in [-0.15, -0.1) is 0 Å². The summed E-state index contributed by atoms with van der Waals surface area (Å²) in [5, 5.41) is 16.4. The van der Waals surface area contributed by atoms with Crippen molar-refractivity contribution in [3.63, 3.8) is 0 Å². The van der Waals surface area contributed by atoms with Gasteiger partial charge in [-0.05, 0) is 19.1 Å². The van der Waals surface area contributed by atoms with Crippen molar-refractivity contribution in [1.29, 1.82) is 0 Å². The molecule has 12 nitrogen and oxygen atoms in total. The molecule has 2 N–H and O–H groups in total. The minimum absolute atomic E-state index is 0.0908. The summed E-state index contributed by atoms with van der Waals surface area (Å²) in [6, 6.07) is 2.73. The molecular weight excluding hydrogens is 432 g/mol. The number of carbonyl (C=O) groups is 2. The number of benzene rings is 1. The second-order valence-electron chi connectivity index (χ2n) is 6.25. The number of nitrogens with zero attached hydrogens (tertiary/aromatic N) is 2. The molecule has 1 aromatic carbocycles. The Bertz CT molecular complexity index is 1000. The van der Waals surface area contributed by atoms with Crippen LogP contribution in [0.1, 0.15) is 20.8 Å². The van der Waals surface area contributed by atoms with Crippen molar-refractivity contribution in [2.24, 2.45) is 0 Å². The Labute approximate surface area is 179 Å². The van der Waals surface area contributed by atoms with Gasteiger partial charge in [-0.25, -0.2) is 18.0 Å². The third kappa shape index (κ3) is 5.49. The first-order valence-electron chi connectivity index (χ1n) is 9.51. The summed E-state index contributed by atoms with van der Waals surface area (Å²) in [4.78, 5) is 34.2. The lowest BCUT2D eigenvalue weighted by Gasteiger charge is -2.21. The van der Waals surface area contributed by atoms with Crippen LogP contribution in [0.3, 0.4) is 0 Å². The number of urea groups is 1. The molecule has 170 valence electrons. The molecule has 0 aromatic heterocycles. The smallest absolute Gasteiger partial charge is 0.337 e. The summed E-state index contributed by atoms with van der Waals surface area (Å²) in [7, 11) is -3.91. The Kier molecular flexibility index (Phi) is 7.94. The molecule has 0 saturated heterocycles. The van der Waals surface area contributed by atoms with Crippen LogP contribution in [0.4, 0.5) is 10.5 Å². The van der Waals surface area contributed by atoms with E-state index in [0.717, 1.165) is 6.07 Å². The molecule has 0 spiro atoms. The number of nitro groups is 1. The van der Waals surface area contributed by atoms with Crippen LogP contribution in [-0.2, 0) is 19.6 Å². The van der Waals surface area contributed by atoms with Gasteiger partial charge in [-0.2, -0.15) is 4.31 Å². The fourth-order valence-electron chi connectivity index (χ4n) is 2.85. The molecule has 1 aliphatic rings. The van der Waals surface area contributed by atoms with Crippen LogP contribution >= 0.6 is 0 Å². The summed E-state index contributed by atoms with van der Waals surface area (Å²) in [6.45, 7) is 5.03. The molecule has 0 aliphatic carbocycles. The number of esters is 1. The van der Waals surface area contributed by atoms with E-state index in [1.807, 2.05) is 0 Å². The Morgan fingerprint density at radius 2 is 1.94 bits per heavy atom. The van der Waals surface area contributed by atoms with E-state index < -0.39 is 32.6 Å². The SMILES string of the molecule is CCOC(=O)C1=C(COc2ccc(S(=O)(=O)N(CC)CC)cc2[N+](=O)[O-])NC(=O)NC1. The topological polar surface area (TPSA) is 157 Å². The maximum atomic E-state index is 12.7. The molecule has 0 saturated carbocycles. The lowest BCUT2D eigenvalue weighted by molar-refractivity contribution is -0.386. The first-order valence-corrected chi connectivity index (χ1v) is 10.9. The highest BCUT2D eigenvalue weighted by atomic mass is 32.2. The second-order valence-corrected chi connectivity index (χ2v) is 8.19. The first kappa shape index (κ1) is 24.1. The van der Waals surface area contributed by atoms with Gasteiger partial charge >= 0.3 is 17.7 Å². The monoisotopic (exact) mass is 456 g/mol. The molecule has 2 amide bonds. The molecule has 0 fully saturated rings. The van der Waals surface area contributed by atoms with E-state index in [2.05, 4.69) is 10.6 Å². The molecule has 1 heterocycles. The fourth-order valence-corrected chi connectivity index (χ4v) is 4.33. The van der Waals surface area contributed by atoms with Crippen molar-refractivity contribution in [2.75, 3.05) is 32.8 Å². The van der Waals surface area contributed by atoms with Gasteiger partial charge in [0.1, 0.15) is 6.61 Å². The molecule has 0 atom stereocenters. The van der Waals surface area contributed by atoms with Crippen molar-refractivity contribution in [1.82, 2.24) is 14.9 Å². The van der Waals surface area contributed by atoms with Crippen molar-refractivity contribution in [3.8, 4) is 5.75 Å². The zero-order valence-electron chi connectivity index (χ0n) is 17.3. The Balaban J connectivity index is 2.35. The van der Waals surface area contributed by atoms with Crippen molar-refractivity contribution >= 4 is 27.7 Å². The van der Waals surface area contributed by atoms with Crippen molar-refractivity contribution in [2.45, 2.75) is 25.7 Å². The van der Waals surface area contributed by atoms with E-state index in [0.29, 0.717) is 0 Å². The molecule has 0 bridgehead atoms. The van der Waals surface area contributed by atoms with E-state index in [4.69, 9.17) is 9.47 Å². The minimum Gasteiger partial charge on any atom is -0.480 e. The average molecular weight is 456 g/mol. The Hall–Kier alpha value is -3.19. The number of sulfonamides is 1. The molecule has 0 unspecified atom stereocenters. The third-order valence-corrected chi connectivity index (χ3v) is 6.46. The number of hydrogen-bond donors (Lipinski definition) is 2. The van der Waals surface area contributed by atoms with Gasteiger partial charge in [0.15, 0.2) is 5.75 Å². The van der Waals surface area contributed by atoms with Crippen LogP contribution in [0.25, 0.3) is 0 Å². The maximum absolute atomic E-state index is 12.7. The number of hydrogen-bond acceptors (Lipinski definition) is 8. The third-order valence-electron chi connectivity index (χ3n) is 4.42. The lowest BCUT2D eigenvalue weighted by Crippen LogP contribution is -2.45. The van der Waals surface area contributed by atoms with Crippen LogP contribution < -0.4 is 15.4 Å². The minimum atomic E-state index is -3.91. The molecule has 31 heavy (non-hydrogen) atoms. The summed E-state index contributed by atoms with van der Waals surface area (Å²) in [5.74, 6) is -0.879. The van der Waals surface area contributed by atoms with Gasteiger partial charge in [-0.1, -0.05) is 13.8 Å². The Morgan fingerprint density at radius 1 is 1.26 bits per heavy atom. The van der Waals surface area contributed by atoms with Gasteiger partial charge in [0.2, 0.25) is 10.0 Å². The highest BCUT2D eigenvalue weighted by Gasteiger charge is 2.28. The first-order chi connectivity index (χ1) is 14.6. The zero-order chi connectivity index (χ0) is 23.2. The molecule has 2 rings (SSSR count). The van der Waals surface area contributed by atoms with Gasteiger partial charge in [-0.3, -0.25) is 10.1 Å². The predicted octanol–water partition coefficient (Wildman–Crippen LogP) is 1.13. The molecule has 13 heteroatoms. The second kappa shape index (κ2) is 10.2. The summed E-state index contributed by atoms with van der Waals surface area (Å²) in [5.41, 5.74) is -0.354. The standard InChI is InChI=1S/C18H24N4O8S/c1-4-21(5-2)31(27,28)12-7-8-16(15(9-12)22(25)26)30-11-14-13(17(23)29-6-3)10-19-18(24)20-14/h7-9H,4-6,10-11H2,1-3H3,(H2,19,20,24). The van der Waals surface area contributed by atoms with Gasteiger partial charge in [0, 0.05) is 19.2 Å². The number of amides is 2. The number of carbonyl (C=O) groups excluding carboxylic acids is 2. The summed E-state index contributed by atoms with van der Waals surface area (Å²) in [6.07, 6.45) is 0. The van der Waals surface area contributed by atoms with E-state index in [1.165, 1.54) is 16.4 Å². The van der Waals surface area contributed by atoms with E-state index in [1.54, 1.807) is 20.8 Å². The normalized spacial score (nSPS) is 14.1. The van der Waals surface area contributed by atoms with Crippen molar-refractivity contribution in [3.05, 3.63) is 39.6 Å². The molecular formula is C18H24N4O8S.